The smallest absolute Gasteiger partial charge is 0.288 e. The van der Waals surface area contributed by atoms with E-state index in [1.807, 2.05) is 81.6 Å². The van der Waals surface area contributed by atoms with Crippen molar-refractivity contribution in [3.05, 3.63) is 144 Å². The summed E-state index contributed by atoms with van der Waals surface area (Å²) in [6.45, 7) is 7.70. The third-order valence-electron chi connectivity index (χ3n) is 9.79. The highest BCUT2D eigenvalue weighted by molar-refractivity contribution is 7.13. The lowest BCUT2D eigenvalue weighted by Crippen LogP contribution is -2.27. The van der Waals surface area contributed by atoms with E-state index in [4.69, 9.17) is 27.1 Å². The molecule has 7 heterocycles. The predicted octanol–water partition coefficient (Wildman–Crippen LogP) is 8.77. The summed E-state index contributed by atoms with van der Waals surface area (Å²) in [7, 11) is 3.53. The van der Waals surface area contributed by atoms with E-state index in [-0.39, 0.29) is 24.5 Å². The fourth-order valence-corrected chi connectivity index (χ4v) is 7.78. The number of benzene rings is 2. The highest BCUT2D eigenvalue weighted by Gasteiger charge is 2.16. The van der Waals surface area contributed by atoms with E-state index in [9.17, 15) is 14.4 Å². The minimum atomic E-state index is -0.486. The average molecular weight is 932 g/mol. The molecule has 0 unspecified atom stereocenters. The number of aliphatic imine (C=N–C) groups is 1. The molecule has 0 amide bonds. The number of nitrogens with two attached hydrogens (primary N) is 1. The second kappa shape index (κ2) is 20.4. The van der Waals surface area contributed by atoms with Gasteiger partial charge < -0.3 is 24.7 Å². The monoisotopic (exact) mass is 930 g/mol. The van der Waals surface area contributed by atoms with Crippen LogP contribution in [0, 0.1) is 27.7 Å². The van der Waals surface area contributed by atoms with Crippen molar-refractivity contribution in [3.8, 4) is 33.2 Å². The van der Waals surface area contributed by atoms with Crippen molar-refractivity contribution < 1.29 is 14.5 Å². The summed E-state index contributed by atoms with van der Waals surface area (Å²) in [5.74, 6) is 0.558. The van der Waals surface area contributed by atoms with Gasteiger partial charge in [-0.3, -0.25) is 29.6 Å². The number of rotatable bonds is 7. The molecule has 0 saturated carbocycles. The number of thiazole rings is 2. The maximum Gasteiger partial charge on any atom is 0.288 e. The van der Waals surface area contributed by atoms with Gasteiger partial charge in [-0.05, 0) is 115 Å². The summed E-state index contributed by atoms with van der Waals surface area (Å²) in [6, 6.07) is 18.7. The molecule has 17 nitrogen and oxygen atoms in total. The number of nitrogens with one attached hydrogen (secondary N) is 2. The molecule has 0 aliphatic rings. The number of anilines is 2. The highest BCUT2D eigenvalue weighted by atomic mass is 35.5. The Labute approximate surface area is 385 Å². The lowest BCUT2D eigenvalue weighted by Gasteiger charge is -2.12. The van der Waals surface area contributed by atoms with Crippen molar-refractivity contribution in [1.29, 1.82) is 0 Å². The van der Waals surface area contributed by atoms with Crippen LogP contribution in [0.25, 0.3) is 55.0 Å². The highest BCUT2D eigenvalue weighted by Crippen LogP contribution is 2.30. The number of carbonyl (C=O) groups excluding carboxylic acids is 1. The molecule has 7 aromatic heterocycles. The Morgan fingerprint density at radius 3 is 1.86 bits per heavy atom. The first-order valence-corrected chi connectivity index (χ1v) is 21.3. The first kappa shape index (κ1) is 47.0. The molecule has 5 N–H and O–H groups in total. The van der Waals surface area contributed by atoms with Gasteiger partial charge in [0.05, 0.1) is 16.7 Å². The van der Waals surface area contributed by atoms with E-state index in [0.717, 1.165) is 61.1 Å². The molecule has 0 atom stereocenters. The van der Waals surface area contributed by atoms with Crippen LogP contribution in [0.4, 0.5) is 17.3 Å². The number of fused-ring (bicyclic) bond motifs is 2. The van der Waals surface area contributed by atoms with E-state index < -0.39 is 5.24 Å². The maximum absolute atomic E-state index is 13.1. The molecule has 65 heavy (non-hydrogen) atoms. The van der Waals surface area contributed by atoms with Crippen LogP contribution in [0.3, 0.4) is 0 Å². The number of hydroxylamine groups is 1. The van der Waals surface area contributed by atoms with Gasteiger partial charge in [0, 0.05) is 88.6 Å². The average Bonchev–Trinajstić information content (AvgIpc) is 4.11. The molecule has 0 fully saturated rings. The summed E-state index contributed by atoms with van der Waals surface area (Å²) in [4.78, 5) is 61.1. The van der Waals surface area contributed by atoms with Gasteiger partial charge in [-0.1, -0.05) is 19.6 Å². The molecular weight excluding hydrogens is 888 g/mol. The largest absolute Gasteiger partial charge is 0.368 e. The summed E-state index contributed by atoms with van der Waals surface area (Å²) < 4.78 is 8.56. The Morgan fingerprint density at radius 2 is 1.34 bits per heavy atom. The molecule has 0 aliphatic heterocycles. The number of aryl methyl sites for hydroxylation is 6. The van der Waals surface area contributed by atoms with Gasteiger partial charge in [0.15, 0.2) is 10.0 Å². The first-order chi connectivity index (χ1) is 30.7. The van der Waals surface area contributed by atoms with Crippen molar-refractivity contribution in [1.82, 2.24) is 44.7 Å². The van der Waals surface area contributed by atoms with Gasteiger partial charge in [-0.2, -0.15) is 4.98 Å². The molecule has 0 radical (unpaired) electrons. The molecule has 9 aromatic rings. The van der Waals surface area contributed by atoms with Crippen molar-refractivity contribution in [3.63, 3.8) is 0 Å². The zero-order chi connectivity index (χ0) is 45.7. The molecule has 0 bridgehead atoms. The van der Waals surface area contributed by atoms with E-state index >= 15 is 0 Å². The summed E-state index contributed by atoms with van der Waals surface area (Å²) in [5, 5.41) is 21.8. The number of hydrogen-bond donors (Lipinski definition) is 4. The quantitative estimate of drug-likeness (QED) is 0.0506. The molecule has 332 valence electrons. The van der Waals surface area contributed by atoms with Gasteiger partial charge >= 0.3 is 0 Å². The van der Waals surface area contributed by atoms with Crippen molar-refractivity contribution in [2.45, 2.75) is 35.1 Å². The summed E-state index contributed by atoms with van der Waals surface area (Å²) in [5.41, 5.74) is 16.5. The van der Waals surface area contributed by atoms with Crippen LogP contribution in [0.1, 0.15) is 39.7 Å². The number of pyridine rings is 4. The van der Waals surface area contributed by atoms with Crippen LogP contribution in [-0.4, -0.2) is 55.6 Å². The van der Waals surface area contributed by atoms with Crippen LogP contribution in [0.2, 0.25) is 0 Å². The van der Waals surface area contributed by atoms with Gasteiger partial charge in [0.2, 0.25) is 5.96 Å². The number of hydrogen-bond acceptors (Lipinski definition) is 15. The number of halogens is 1. The number of carbonyl (C=O) groups is 1. The standard InChI is InChI=1S/C22H18N6O2S.C18H19N5O2.C4H2ClNOS.CH4/c1-12-4-5-15(25-22-26-19(30-27-22)20-23-6-7-31-20)10-16(12)17-9-14-11-24-13(2)8-18(14)28(3)21(17)29;1-10-4-5-13(21-18(19)22-25)8-14(10)15-7-12-9-20-11(2)6-16(12)23(3)17(15)24;5-3(7)4-6-1-2-8-4;/h4-11H,1-3H3,(H,25,27);4-9,25H,1-3H3,(H3,19,21,22);1-2H;1H4. The van der Waals surface area contributed by atoms with Crippen LogP contribution >= 0.6 is 34.3 Å². The van der Waals surface area contributed by atoms with E-state index in [0.29, 0.717) is 38.7 Å². The molecule has 0 saturated heterocycles. The SMILES string of the molecule is C.Cc1cc2c(cn1)cc(-c1cc(N=C(N)NO)ccc1C)c(=O)n2C.Cc1cc2c(cn1)cc(-c1cc(Nc3noc(-c4nccs4)n3)ccc1C)c(=O)n2C.O=C(Cl)c1nccs1. The Kier molecular flexibility index (Phi) is 14.7. The van der Waals surface area contributed by atoms with Gasteiger partial charge in [0.25, 0.3) is 28.2 Å². The number of guanidine groups is 1. The van der Waals surface area contributed by atoms with Crippen molar-refractivity contribution in [2.75, 3.05) is 5.32 Å². The van der Waals surface area contributed by atoms with Gasteiger partial charge in [-0.25, -0.2) is 20.4 Å². The number of nitrogens with zero attached hydrogens (tertiary/aromatic N) is 9. The predicted molar refractivity (Wildman–Crippen MR) is 258 cm³/mol. The van der Waals surface area contributed by atoms with Crippen LogP contribution in [0.5, 0.6) is 0 Å². The third kappa shape index (κ3) is 10.7. The second-order valence-corrected chi connectivity index (χ2v) is 16.4. The normalized spacial score (nSPS) is 11.0. The van der Waals surface area contributed by atoms with Gasteiger partial charge in [-0.15, -0.1) is 22.7 Å². The van der Waals surface area contributed by atoms with E-state index in [1.165, 1.54) is 22.7 Å². The first-order valence-electron chi connectivity index (χ1n) is 19.2. The summed E-state index contributed by atoms with van der Waals surface area (Å²) in [6.07, 6.45) is 6.79. The number of aromatic nitrogens is 8. The molecule has 2 aromatic carbocycles. The molecule has 0 spiro atoms. The topological polar surface area (TPSA) is 234 Å². The van der Waals surface area contributed by atoms with E-state index in [2.05, 4.69) is 40.4 Å². The minimum Gasteiger partial charge on any atom is -0.368 e. The van der Waals surface area contributed by atoms with Gasteiger partial charge in [0.1, 0.15) is 0 Å². The molecular formula is C45H43ClN12O5S2. The zero-order valence-corrected chi connectivity index (χ0v) is 37.5. The van der Waals surface area contributed by atoms with Crippen molar-refractivity contribution in [2.24, 2.45) is 24.8 Å². The Balaban J connectivity index is 0.000000184. The Bertz CT molecular complexity index is 3310. The van der Waals surface area contributed by atoms with Crippen LogP contribution in [-0.2, 0) is 14.1 Å². The molecule has 20 heteroatoms. The fraction of sp³-hybridized carbons (Fsp3) is 0.156. The Hall–Kier alpha value is -7.45. The summed E-state index contributed by atoms with van der Waals surface area (Å²) >= 11 is 7.72. The van der Waals surface area contributed by atoms with Crippen LogP contribution in [0.15, 0.2) is 115 Å². The molecule has 9 rings (SSSR count). The van der Waals surface area contributed by atoms with E-state index in [1.54, 1.807) is 71.0 Å². The third-order valence-corrected chi connectivity index (χ3v) is 11.6. The Morgan fingerprint density at radius 1 is 0.769 bits per heavy atom. The minimum absolute atomic E-state index is 0. The lowest BCUT2D eigenvalue weighted by molar-refractivity contribution is 0.108. The maximum atomic E-state index is 13.1. The molecule has 0 aliphatic carbocycles. The second-order valence-electron chi connectivity index (χ2n) is 14.2. The fourth-order valence-electron chi connectivity index (χ4n) is 6.58. The van der Waals surface area contributed by atoms with Crippen LogP contribution < -0.4 is 27.6 Å². The lowest BCUT2D eigenvalue weighted by atomic mass is 9.99. The zero-order valence-electron chi connectivity index (χ0n) is 35.1. The van der Waals surface area contributed by atoms with Crippen molar-refractivity contribution >= 4 is 84.6 Å².